The number of rotatable bonds is 5. The zero-order chi connectivity index (χ0) is 30.0. The highest BCUT2D eigenvalue weighted by Gasteiger charge is 2.54. The summed E-state index contributed by atoms with van der Waals surface area (Å²) in [4.78, 5) is 47.4. The van der Waals surface area contributed by atoms with Gasteiger partial charge in [-0.3, -0.25) is 14.6 Å². The van der Waals surface area contributed by atoms with Crippen LogP contribution in [0.25, 0.3) is 16.9 Å². The van der Waals surface area contributed by atoms with Crippen LogP contribution in [0.3, 0.4) is 0 Å². The molecule has 42 heavy (non-hydrogen) atoms. The maximum atomic E-state index is 14.6. The molecule has 2 fully saturated rings. The van der Waals surface area contributed by atoms with E-state index in [-0.39, 0.29) is 29.0 Å². The van der Waals surface area contributed by atoms with E-state index < -0.39 is 35.1 Å². The van der Waals surface area contributed by atoms with Crippen molar-refractivity contribution in [2.24, 2.45) is 0 Å². The number of benzene rings is 1. The molecule has 0 unspecified atom stereocenters. The van der Waals surface area contributed by atoms with Gasteiger partial charge in [-0.15, -0.1) is 0 Å². The number of carbonyl (C=O) groups excluding carboxylic acids is 1. The Morgan fingerprint density at radius 3 is 2.52 bits per heavy atom. The Morgan fingerprint density at radius 2 is 1.83 bits per heavy atom. The molecular weight excluding hydrogens is 549 g/mol. The fourth-order valence-corrected chi connectivity index (χ4v) is 6.66. The summed E-state index contributed by atoms with van der Waals surface area (Å²) in [6, 6.07) is 7.40. The van der Waals surface area contributed by atoms with Crippen LogP contribution in [0.1, 0.15) is 81.4 Å². The number of aromatic amines is 2. The van der Waals surface area contributed by atoms with Gasteiger partial charge in [0.25, 0.3) is 11.5 Å². The van der Waals surface area contributed by atoms with Crippen LogP contribution in [0.4, 0.5) is 18.9 Å². The van der Waals surface area contributed by atoms with E-state index in [0.29, 0.717) is 36.2 Å². The predicted octanol–water partition coefficient (Wildman–Crippen LogP) is 5.02. The molecular formula is C30H31F3N6O3. The Labute approximate surface area is 238 Å². The van der Waals surface area contributed by atoms with Gasteiger partial charge in [-0.1, -0.05) is 38.8 Å². The van der Waals surface area contributed by atoms with Crippen molar-refractivity contribution in [2.45, 2.75) is 76.0 Å². The number of nitrogens with zero attached hydrogens (tertiary/aromatic N) is 4. The summed E-state index contributed by atoms with van der Waals surface area (Å²) in [6.45, 7) is 4.15. The number of imidazole rings is 1. The molecule has 1 amide bonds. The molecule has 2 atom stereocenters. The molecule has 1 aromatic carbocycles. The fraction of sp³-hybridized carbons (Fsp3) is 0.433. The molecule has 2 aliphatic carbocycles. The Balaban J connectivity index is 0.00000155. The maximum absolute atomic E-state index is 14.6. The van der Waals surface area contributed by atoms with E-state index in [4.69, 9.17) is 0 Å². The molecule has 1 aliphatic heterocycles. The fourth-order valence-electron chi connectivity index (χ4n) is 6.66. The minimum Gasteiger partial charge on any atom is -0.313 e. The summed E-state index contributed by atoms with van der Waals surface area (Å²) in [5, 5.41) is 4.23. The molecule has 2 saturated carbocycles. The Hall–Kier alpha value is -4.22. The number of hydrogen-bond donors (Lipinski definition) is 2. The molecule has 4 heterocycles. The molecule has 9 nitrogen and oxygen atoms in total. The topological polar surface area (TPSA) is 116 Å². The highest BCUT2D eigenvalue weighted by atomic mass is 19.3. The van der Waals surface area contributed by atoms with Crippen molar-refractivity contribution >= 4 is 17.2 Å². The lowest BCUT2D eigenvalue weighted by molar-refractivity contribution is -0.124. The summed E-state index contributed by atoms with van der Waals surface area (Å²) in [6.07, 6.45) is 6.03. The van der Waals surface area contributed by atoms with Crippen LogP contribution in [0, 0.1) is 5.95 Å². The van der Waals surface area contributed by atoms with Crippen molar-refractivity contribution in [3.05, 3.63) is 80.1 Å². The third-order valence-corrected chi connectivity index (χ3v) is 8.54. The monoisotopic (exact) mass is 580 g/mol. The number of fused-ring (bicyclic) bond motifs is 3. The molecule has 0 bridgehead atoms. The van der Waals surface area contributed by atoms with E-state index in [2.05, 4.69) is 20.1 Å². The summed E-state index contributed by atoms with van der Waals surface area (Å²) >= 11 is 0. The molecule has 4 aromatic rings. The van der Waals surface area contributed by atoms with Crippen LogP contribution < -0.4 is 16.1 Å². The highest BCUT2D eigenvalue weighted by molar-refractivity contribution is 6.08. The highest BCUT2D eigenvalue weighted by Crippen LogP contribution is 2.58. The lowest BCUT2D eigenvalue weighted by Gasteiger charge is -2.25. The molecule has 12 heteroatoms. The van der Waals surface area contributed by atoms with Gasteiger partial charge in [-0.05, 0) is 54.4 Å². The van der Waals surface area contributed by atoms with E-state index in [0.717, 1.165) is 41.6 Å². The van der Waals surface area contributed by atoms with Crippen LogP contribution in [-0.2, 0) is 10.2 Å². The molecule has 2 N–H and O–H groups in total. The number of H-pyrrole nitrogens is 2. The number of amides is 1. The quantitative estimate of drug-likeness (QED) is 0.344. The third kappa shape index (κ3) is 4.44. The number of nitrogens with one attached hydrogen (secondary N) is 2. The van der Waals surface area contributed by atoms with Gasteiger partial charge < -0.3 is 9.88 Å². The van der Waals surface area contributed by atoms with Gasteiger partial charge in [0.15, 0.2) is 5.65 Å². The standard InChI is InChI=1S/C28H25F3N6O3.C2H6/c1-27(30,31)13-36-21-8-14(4-5-19(21)28(25(36)39)6-2-3-7-28)15-9-16(15)17-10-20(18-11-33-26(40)34-24(18)38)35-37-22(29)12-32-23(17)37;1-2/h4-5,8,10-12,15-16H,2-3,6-7,9,13H2,1H3,(H2,33,34,38,40);1-2H3/t15-,16+;/m1./s1. The molecule has 7 rings (SSSR count). The normalized spacial score (nSPS) is 20.6. The Kier molecular flexibility index (Phi) is 6.62. The minimum atomic E-state index is -3.04. The second-order valence-electron chi connectivity index (χ2n) is 11.3. The first-order valence-corrected chi connectivity index (χ1v) is 14.3. The Morgan fingerprint density at radius 1 is 1.10 bits per heavy atom. The van der Waals surface area contributed by atoms with Gasteiger partial charge in [-0.25, -0.2) is 18.6 Å². The molecule has 3 aliphatic rings. The maximum Gasteiger partial charge on any atom is 0.325 e. The molecule has 220 valence electrons. The van der Waals surface area contributed by atoms with Gasteiger partial charge in [0.2, 0.25) is 11.9 Å². The number of halogens is 3. The SMILES string of the molecule is CC.CC(F)(F)CN1C(=O)C2(CCCC2)c2ccc([C@H]3C[C@@H]3c3cc(-c4c[nH]c(=O)[nH]c4=O)nn4c(F)cnc34)cc21. The van der Waals surface area contributed by atoms with Gasteiger partial charge in [-0.2, -0.15) is 14.0 Å². The Bertz CT molecular complexity index is 1820. The second kappa shape index (κ2) is 9.95. The van der Waals surface area contributed by atoms with Crippen molar-refractivity contribution in [3.63, 3.8) is 0 Å². The lowest BCUT2D eigenvalue weighted by atomic mass is 9.79. The number of alkyl halides is 2. The van der Waals surface area contributed by atoms with E-state index in [1.54, 1.807) is 6.07 Å². The van der Waals surface area contributed by atoms with Gasteiger partial charge >= 0.3 is 5.69 Å². The molecule has 3 aromatic heterocycles. The number of anilines is 1. The van der Waals surface area contributed by atoms with E-state index >= 15 is 0 Å². The van der Waals surface area contributed by atoms with Crippen molar-refractivity contribution < 1.29 is 18.0 Å². The zero-order valence-corrected chi connectivity index (χ0v) is 23.5. The number of aromatic nitrogens is 5. The predicted molar refractivity (Wildman–Crippen MR) is 151 cm³/mol. The minimum absolute atomic E-state index is 0.0304. The lowest BCUT2D eigenvalue weighted by Crippen LogP contribution is -2.43. The molecule has 0 radical (unpaired) electrons. The average molecular weight is 581 g/mol. The van der Waals surface area contributed by atoms with Gasteiger partial charge in [0.1, 0.15) is 0 Å². The van der Waals surface area contributed by atoms with Crippen LogP contribution in [0.2, 0.25) is 0 Å². The van der Waals surface area contributed by atoms with E-state index in [9.17, 15) is 27.6 Å². The zero-order valence-electron chi connectivity index (χ0n) is 23.5. The first-order valence-electron chi connectivity index (χ1n) is 14.3. The van der Waals surface area contributed by atoms with Crippen LogP contribution in [0.5, 0.6) is 0 Å². The summed E-state index contributed by atoms with van der Waals surface area (Å²) in [5.74, 6) is -4.13. The van der Waals surface area contributed by atoms with E-state index in [1.165, 1.54) is 11.1 Å². The van der Waals surface area contributed by atoms with Crippen molar-refractivity contribution in [3.8, 4) is 11.3 Å². The van der Waals surface area contributed by atoms with Crippen LogP contribution >= 0.6 is 0 Å². The summed E-state index contributed by atoms with van der Waals surface area (Å²) < 4.78 is 44.0. The number of carbonyl (C=O) groups is 1. The summed E-state index contributed by atoms with van der Waals surface area (Å²) in [5.41, 5.74) is 1.41. The smallest absolute Gasteiger partial charge is 0.313 e. The van der Waals surface area contributed by atoms with Gasteiger partial charge in [0.05, 0.1) is 29.4 Å². The second-order valence-corrected chi connectivity index (χ2v) is 11.3. The van der Waals surface area contributed by atoms with Crippen LogP contribution in [0.15, 0.2) is 46.2 Å². The molecule has 0 saturated heterocycles. The van der Waals surface area contributed by atoms with Crippen molar-refractivity contribution in [2.75, 3.05) is 11.4 Å². The first-order chi connectivity index (χ1) is 20.1. The van der Waals surface area contributed by atoms with Crippen molar-refractivity contribution in [1.29, 1.82) is 0 Å². The molecule has 1 spiro atoms. The van der Waals surface area contributed by atoms with Crippen molar-refractivity contribution in [1.82, 2.24) is 24.6 Å². The van der Waals surface area contributed by atoms with E-state index in [1.807, 2.05) is 32.0 Å². The first kappa shape index (κ1) is 27.9. The number of hydrogen-bond acceptors (Lipinski definition) is 5. The van der Waals surface area contributed by atoms with Gasteiger partial charge in [0, 0.05) is 24.4 Å². The average Bonchev–Trinajstić information content (AvgIpc) is 3.34. The van der Waals surface area contributed by atoms with Crippen LogP contribution in [-0.4, -0.2) is 42.9 Å². The largest absolute Gasteiger partial charge is 0.325 e. The third-order valence-electron chi connectivity index (χ3n) is 8.54. The summed E-state index contributed by atoms with van der Waals surface area (Å²) in [7, 11) is 0.